The molecule has 0 aliphatic carbocycles. The van der Waals surface area contributed by atoms with Crippen LogP contribution in [-0.2, 0) is 4.79 Å². The smallest absolute Gasteiger partial charge is 0.387 e. The van der Waals surface area contributed by atoms with Gasteiger partial charge in [0.15, 0.2) is 6.10 Å². The fraction of sp³-hybridized carbons (Fsp3) is 0.176. The number of amides is 1. The van der Waals surface area contributed by atoms with E-state index in [4.69, 9.17) is 21.6 Å². The lowest BCUT2D eigenvalue weighted by Crippen LogP contribution is -2.30. The Morgan fingerprint density at radius 2 is 1.92 bits per heavy atom. The molecule has 0 heterocycles. The standard InChI is InChI=1S/C17H13ClF2N2O3/c1-10(24-14-7-6-11(9-21)8-12(14)18)16(23)22-13-4-2-3-5-15(13)25-17(19)20/h2-8,10,17H,1H3,(H,22,23)/t10-/m0/s1. The minimum atomic E-state index is -3.01. The Morgan fingerprint density at radius 3 is 2.56 bits per heavy atom. The fourth-order valence-corrected chi connectivity index (χ4v) is 2.14. The third-order valence-electron chi connectivity index (χ3n) is 3.09. The lowest BCUT2D eigenvalue weighted by molar-refractivity contribution is -0.122. The van der Waals surface area contributed by atoms with Gasteiger partial charge in [0.25, 0.3) is 5.91 Å². The van der Waals surface area contributed by atoms with Gasteiger partial charge in [-0.3, -0.25) is 4.79 Å². The molecule has 25 heavy (non-hydrogen) atoms. The van der Waals surface area contributed by atoms with Gasteiger partial charge in [-0.15, -0.1) is 0 Å². The number of hydrogen-bond donors (Lipinski definition) is 1. The van der Waals surface area contributed by atoms with Gasteiger partial charge in [0.2, 0.25) is 0 Å². The fourth-order valence-electron chi connectivity index (χ4n) is 1.91. The van der Waals surface area contributed by atoms with Crippen molar-refractivity contribution in [3.8, 4) is 17.6 Å². The number of rotatable bonds is 6. The third-order valence-corrected chi connectivity index (χ3v) is 3.39. The van der Waals surface area contributed by atoms with Gasteiger partial charge in [-0.25, -0.2) is 0 Å². The maximum Gasteiger partial charge on any atom is 0.387 e. The van der Waals surface area contributed by atoms with Crippen LogP contribution in [0.2, 0.25) is 5.02 Å². The molecule has 0 bridgehead atoms. The van der Waals surface area contributed by atoms with Gasteiger partial charge in [-0.2, -0.15) is 14.0 Å². The highest BCUT2D eigenvalue weighted by molar-refractivity contribution is 6.32. The zero-order valence-electron chi connectivity index (χ0n) is 13.0. The number of halogens is 3. The maximum atomic E-state index is 12.4. The molecule has 5 nitrogen and oxygen atoms in total. The minimum absolute atomic E-state index is 0.0918. The number of benzene rings is 2. The van der Waals surface area contributed by atoms with E-state index in [0.717, 1.165) is 0 Å². The van der Waals surface area contributed by atoms with Crippen molar-refractivity contribution in [3.05, 3.63) is 53.1 Å². The van der Waals surface area contributed by atoms with Gasteiger partial charge in [0.1, 0.15) is 11.5 Å². The van der Waals surface area contributed by atoms with Gasteiger partial charge in [0, 0.05) is 0 Å². The van der Waals surface area contributed by atoms with E-state index >= 15 is 0 Å². The molecule has 0 radical (unpaired) electrons. The molecule has 0 unspecified atom stereocenters. The zero-order valence-corrected chi connectivity index (χ0v) is 13.8. The summed E-state index contributed by atoms with van der Waals surface area (Å²) in [5.41, 5.74) is 0.446. The first-order valence-corrected chi connectivity index (χ1v) is 7.49. The number of nitriles is 1. The summed E-state index contributed by atoms with van der Waals surface area (Å²) in [7, 11) is 0. The van der Waals surface area contributed by atoms with E-state index in [1.54, 1.807) is 6.07 Å². The Kier molecular flexibility index (Phi) is 6.14. The van der Waals surface area contributed by atoms with Crippen molar-refractivity contribution in [1.82, 2.24) is 0 Å². The number of hydrogen-bond acceptors (Lipinski definition) is 4. The second kappa shape index (κ2) is 8.31. The van der Waals surface area contributed by atoms with Crippen LogP contribution in [0.1, 0.15) is 12.5 Å². The molecule has 0 aliphatic heterocycles. The molecule has 0 saturated carbocycles. The predicted molar refractivity (Wildman–Crippen MR) is 88.0 cm³/mol. The average Bonchev–Trinajstić information content (AvgIpc) is 2.57. The van der Waals surface area contributed by atoms with Crippen molar-refractivity contribution in [2.75, 3.05) is 5.32 Å². The monoisotopic (exact) mass is 366 g/mol. The zero-order chi connectivity index (χ0) is 18.4. The molecule has 130 valence electrons. The summed E-state index contributed by atoms with van der Waals surface area (Å²) in [5.74, 6) is -0.513. The van der Waals surface area contributed by atoms with Gasteiger partial charge < -0.3 is 14.8 Å². The quantitative estimate of drug-likeness (QED) is 0.830. The predicted octanol–water partition coefficient (Wildman–Crippen LogP) is 4.22. The first-order valence-electron chi connectivity index (χ1n) is 7.11. The van der Waals surface area contributed by atoms with Crippen LogP contribution in [-0.4, -0.2) is 18.6 Å². The van der Waals surface area contributed by atoms with Gasteiger partial charge in [-0.1, -0.05) is 23.7 Å². The van der Waals surface area contributed by atoms with Crippen LogP contribution in [0.3, 0.4) is 0 Å². The highest BCUT2D eigenvalue weighted by Gasteiger charge is 2.19. The highest BCUT2D eigenvalue weighted by atomic mass is 35.5. The number of anilines is 1. The Labute approximate surface area is 147 Å². The number of nitrogens with one attached hydrogen (secondary N) is 1. The van der Waals surface area contributed by atoms with E-state index in [0.29, 0.717) is 5.56 Å². The molecule has 0 aromatic heterocycles. The van der Waals surface area contributed by atoms with E-state index in [1.807, 2.05) is 6.07 Å². The molecule has 1 atom stereocenters. The first-order chi connectivity index (χ1) is 11.9. The Morgan fingerprint density at radius 1 is 1.20 bits per heavy atom. The van der Waals surface area contributed by atoms with Gasteiger partial charge >= 0.3 is 6.61 Å². The topological polar surface area (TPSA) is 71.3 Å². The van der Waals surface area contributed by atoms with Crippen LogP contribution in [0.15, 0.2) is 42.5 Å². The summed E-state index contributed by atoms with van der Waals surface area (Å²) in [6.45, 7) is -1.54. The maximum absolute atomic E-state index is 12.4. The summed E-state index contributed by atoms with van der Waals surface area (Å²) >= 11 is 5.99. The van der Waals surface area contributed by atoms with E-state index in [-0.39, 0.29) is 22.2 Å². The molecular weight excluding hydrogens is 354 g/mol. The first kappa shape index (κ1) is 18.5. The number of ether oxygens (including phenoxy) is 2. The number of alkyl halides is 2. The van der Waals surface area contributed by atoms with Crippen molar-refractivity contribution >= 4 is 23.2 Å². The lowest BCUT2D eigenvalue weighted by Gasteiger charge is -2.17. The van der Waals surface area contributed by atoms with Crippen molar-refractivity contribution in [2.24, 2.45) is 0 Å². The Bertz CT molecular complexity index is 809. The number of para-hydroxylation sites is 2. The van der Waals surface area contributed by atoms with E-state index in [2.05, 4.69) is 10.1 Å². The Balaban J connectivity index is 2.07. The van der Waals surface area contributed by atoms with Crippen LogP contribution < -0.4 is 14.8 Å². The van der Waals surface area contributed by atoms with Gasteiger partial charge in [-0.05, 0) is 37.3 Å². The second-order valence-electron chi connectivity index (χ2n) is 4.88. The largest absolute Gasteiger partial charge is 0.479 e. The molecule has 8 heteroatoms. The summed E-state index contributed by atoms with van der Waals surface area (Å²) in [4.78, 5) is 12.2. The molecule has 1 amide bonds. The summed E-state index contributed by atoms with van der Waals surface area (Å²) in [5, 5.41) is 11.4. The second-order valence-corrected chi connectivity index (χ2v) is 5.29. The molecule has 0 aliphatic rings. The van der Waals surface area contributed by atoms with E-state index in [1.165, 1.54) is 43.3 Å². The third kappa shape index (κ3) is 5.06. The molecule has 2 aromatic carbocycles. The summed E-state index contributed by atoms with van der Waals surface area (Å²) in [6, 6.07) is 12.1. The van der Waals surface area contributed by atoms with Crippen LogP contribution in [0.25, 0.3) is 0 Å². The van der Waals surface area contributed by atoms with Crippen LogP contribution in [0.4, 0.5) is 14.5 Å². The van der Waals surface area contributed by atoms with E-state index in [9.17, 15) is 13.6 Å². The molecule has 0 fully saturated rings. The SMILES string of the molecule is C[C@H](Oc1ccc(C#N)cc1Cl)C(=O)Nc1ccccc1OC(F)F. The summed E-state index contributed by atoms with van der Waals surface area (Å²) < 4.78 is 34.6. The van der Waals surface area contributed by atoms with Crippen molar-refractivity contribution < 1.29 is 23.0 Å². The number of nitrogens with zero attached hydrogens (tertiary/aromatic N) is 1. The molecule has 1 N–H and O–H groups in total. The number of carbonyl (C=O) groups excluding carboxylic acids is 1. The molecule has 2 rings (SSSR count). The van der Waals surface area contributed by atoms with Crippen LogP contribution in [0.5, 0.6) is 11.5 Å². The number of carbonyl (C=O) groups is 1. The molecule has 0 saturated heterocycles. The van der Waals surface area contributed by atoms with Crippen molar-refractivity contribution in [1.29, 1.82) is 5.26 Å². The average molecular weight is 367 g/mol. The van der Waals surface area contributed by atoms with Crippen LogP contribution >= 0.6 is 11.6 Å². The summed E-state index contributed by atoms with van der Waals surface area (Å²) in [6.07, 6.45) is -0.968. The van der Waals surface area contributed by atoms with Crippen LogP contribution in [0, 0.1) is 11.3 Å². The molecular formula is C17H13ClF2N2O3. The van der Waals surface area contributed by atoms with Gasteiger partial charge in [0.05, 0.1) is 22.3 Å². The van der Waals surface area contributed by atoms with Crippen molar-refractivity contribution in [3.63, 3.8) is 0 Å². The van der Waals surface area contributed by atoms with Crippen molar-refractivity contribution in [2.45, 2.75) is 19.6 Å². The lowest BCUT2D eigenvalue weighted by atomic mass is 10.2. The normalized spacial score (nSPS) is 11.5. The minimum Gasteiger partial charge on any atom is -0.479 e. The van der Waals surface area contributed by atoms with E-state index < -0.39 is 18.6 Å². The highest BCUT2D eigenvalue weighted by Crippen LogP contribution is 2.28. The molecule has 0 spiro atoms. The molecule has 2 aromatic rings. The Hall–Kier alpha value is -2.85.